The number of anilines is 1. The highest BCUT2D eigenvalue weighted by molar-refractivity contribution is 5.93. The lowest BCUT2D eigenvalue weighted by Gasteiger charge is -2.30. The van der Waals surface area contributed by atoms with E-state index in [1.54, 1.807) is 0 Å². The molecule has 3 nitrogen and oxygen atoms in total. The molecule has 2 unspecified atom stereocenters. The van der Waals surface area contributed by atoms with E-state index in [0.29, 0.717) is 35.9 Å². The second kappa shape index (κ2) is 6.56. The van der Waals surface area contributed by atoms with Gasteiger partial charge in [0.2, 0.25) is 5.91 Å². The van der Waals surface area contributed by atoms with Crippen molar-refractivity contribution in [2.24, 2.45) is 11.8 Å². The molecule has 4 heteroatoms. The summed E-state index contributed by atoms with van der Waals surface area (Å²) in [6, 6.07) is 3.40. The van der Waals surface area contributed by atoms with E-state index >= 15 is 0 Å². The molecule has 2 atom stereocenters. The highest BCUT2D eigenvalue weighted by Gasteiger charge is 2.26. The highest BCUT2D eigenvalue weighted by Crippen LogP contribution is 2.34. The van der Waals surface area contributed by atoms with Crippen LogP contribution in [-0.4, -0.2) is 12.5 Å². The lowest BCUT2D eigenvalue weighted by molar-refractivity contribution is -0.116. The van der Waals surface area contributed by atoms with Gasteiger partial charge in [-0.15, -0.1) is 0 Å². The zero-order valence-corrected chi connectivity index (χ0v) is 13.3. The monoisotopic (exact) mass is 292 g/mol. The number of amides is 1. The Hall–Kier alpha value is -1.42. The number of carbonyl (C=O) groups excluding carboxylic acids is 1. The van der Waals surface area contributed by atoms with E-state index < -0.39 is 0 Å². The molecule has 1 aliphatic rings. The van der Waals surface area contributed by atoms with E-state index in [9.17, 15) is 9.18 Å². The Morgan fingerprint density at radius 1 is 1.29 bits per heavy atom. The number of fused-ring (bicyclic) bond motifs is 1. The molecule has 0 saturated heterocycles. The molecule has 21 heavy (non-hydrogen) atoms. The van der Waals surface area contributed by atoms with Crippen LogP contribution in [-0.2, 0) is 11.2 Å². The molecular weight excluding hydrogens is 267 g/mol. The van der Waals surface area contributed by atoms with Gasteiger partial charge in [-0.2, -0.15) is 0 Å². The predicted molar refractivity (Wildman–Crippen MR) is 83.8 cm³/mol. The van der Waals surface area contributed by atoms with Gasteiger partial charge in [-0.25, -0.2) is 4.39 Å². The maximum absolute atomic E-state index is 14.5. The van der Waals surface area contributed by atoms with Crippen LogP contribution in [0.1, 0.15) is 51.3 Å². The van der Waals surface area contributed by atoms with Crippen LogP contribution >= 0.6 is 0 Å². The molecule has 2 N–H and O–H groups in total. The van der Waals surface area contributed by atoms with Crippen molar-refractivity contribution in [3.8, 4) is 0 Å². The summed E-state index contributed by atoms with van der Waals surface area (Å²) < 4.78 is 14.5. The highest BCUT2D eigenvalue weighted by atomic mass is 19.1. The van der Waals surface area contributed by atoms with Crippen LogP contribution in [0.3, 0.4) is 0 Å². The molecule has 2 rings (SSSR count). The minimum absolute atomic E-state index is 0.00192. The molecular formula is C17H25FN2O. The van der Waals surface area contributed by atoms with Crippen LogP contribution in [0.15, 0.2) is 12.1 Å². The topological polar surface area (TPSA) is 41.1 Å². The van der Waals surface area contributed by atoms with Gasteiger partial charge < -0.3 is 10.6 Å². The number of benzene rings is 1. The summed E-state index contributed by atoms with van der Waals surface area (Å²) in [7, 11) is 0. The standard InChI is InChI=1S/C17H25FN2O/c1-5-19-17(11(4)10(2)3)13-8-12-6-7-16(21)20-15(12)9-14(13)18/h8-11,17,19H,5-7H2,1-4H3,(H,20,21). The third-order valence-corrected chi connectivity index (χ3v) is 4.45. The lowest BCUT2D eigenvalue weighted by Crippen LogP contribution is -2.31. The number of carbonyl (C=O) groups is 1. The second-order valence-corrected chi connectivity index (χ2v) is 6.22. The SMILES string of the molecule is CCNC(c1cc2c(cc1F)NC(=O)CC2)C(C)C(C)C. The van der Waals surface area contributed by atoms with Crippen molar-refractivity contribution in [1.29, 1.82) is 0 Å². The maximum Gasteiger partial charge on any atom is 0.224 e. The van der Waals surface area contributed by atoms with Crippen molar-refractivity contribution in [3.63, 3.8) is 0 Å². The zero-order chi connectivity index (χ0) is 15.6. The van der Waals surface area contributed by atoms with Crippen molar-refractivity contribution in [2.75, 3.05) is 11.9 Å². The molecule has 1 aromatic carbocycles. The van der Waals surface area contributed by atoms with E-state index in [0.717, 1.165) is 12.1 Å². The average Bonchev–Trinajstić information content (AvgIpc) is 2.43. The van der Waals surface area contributed by atoms with Crippen molar-refractivity contribution in [2.45, 2.75) is 46.6 Å². The minimum Gasteiger partial charge on any atom is -0.326 e. The van der Waals surface area contributed by atoms with Crippen LogP contribution < -0.4 is 10.6 Å². The number of hydrogen-bond acceptors (Lipinski definition) is 2. The fourth-order valence-corrected chi connectivity index (χ4v) is 2.84. The Balaban J connectivity index is 2.39. The molecule has 0 saturated carbocycles. The van der Waals surface area contributed by atoms with Crippen LogP contribution in [0.5, 0.6) is 0 Å². The van der Waals surface area contributed by atoms with Crippen molar-refractivity contribution < 1.29 is 9.18 Å². The first-order valence-electron chi connectivity index (χ1n) is 7.79. The molecule has 1 heterocycles. The first kappa shape index (κ1) is 16.0. The number of hydrogen-bond donors (Lipinski definition) is 2. The second-order valence-electron chi connectivity index (χ2n) is 6.22. The molecule has 0 bridgehead atoms. The number of rotatable bonds is 5. The van der Waals surface area contributed by atoms with Gasteiger partial charge in [0.1, 0.15) is 5.82 Å². The van der Waals surface area contributed by atoms with Gasteiger partial charge in [0.05, 0.1) is 0 Å². The molecule has 0 fully saturated rings. The lowest BCUT2D eigenvalue weighted by atomic mass is 9.84. The Morgan fingerprint density at radius 3 is 2.62 bits per heavy atom. The van der Waals surface area contributed by atoms with Gasteiger partial charge in [-0.05, 0) is 42.5 Å². The normalized spacial score (nSPS) is 17.3. The van der Waals surface area contributed by atoms with Crippen LogP contribution in [0.4, 0.5) is 10.1 Å². The molecule has 0 spiro atoms. The van der Waals surface area contributed by atoms with Gasteiger partial charge >= 0.3 is 0 Å². The maximum atomic E-state index is 14.5. The molecule has 0 aromatic heterocycles. The van der Waals surface area contributed by atoms with Gasteiger partial charge in [0.15, 0.2) is 0 Å². The van der Waals surface area contributed by atoms with Crippen molar-refractivity contribution in [3.05, 3.63) is 29.1 Å². The molecule has 0 aliphatic carbocycles. The smallest absolute Gasteiger partial charge is 0.224 e. The summed E-state index contributed by atoms with van der Waals surface area (Å²) in [6.07, 6.45) is 1.16. The molecule has 1 amide bonds. The summed E-state index contributed by atoms with van der Waals surface area (Å²) in [5.41, 5.74) is 2.37. The van der Waals surface area contributed by atoms with Crippen LogP contribution in [0.25, 0.3) is 0 Å². The number of nitrogens with one attached hydrogen (secondary N) is 2. The first-order valence-corrected chi connectivity index (χ1v) is 7.79. The molecule has 0 radical (unpaired) electrons. The largest absolute Gasteiger partial charge is 0.326 e. The van der Waals surface area contributed by atoms with E-state index in [1.807, 2.05) is 13.0 Å². The summed E-state index contributed by atoms with van der Waals surface area (Å²) in [6.45, 7) is 9.31. The summed E-state index contributed by atoms with van der Waals surface area (Å²) in [4.78, 5) is 11.4. The third-order valence-electron chi connectivity index (χ3n) is 4.45. The van der Waals surface area contributed by atoms with Crippen LogP contribution in [0.2, 0.25) is 0 Å². The van der Waals surface area contributed by atoms with Crippen LogP contribution in [0, 0.1) is 17.7 Å². The fraction of sp³-hybridized carbons (Fsp3) is 0.588. The Morgan fingerprint density at radius 2 is 2.00 bits per heavy atom. The predicted octanol–water partition coefficient (Wildman–Crippen LogP) is 3.65. The molecule has 116 valence electrons. The Kier molecular flexibility index (Phi) is 4.99. The Labute approximate surface area is 126 Å². The van der Waals surface area contributed by atoms with E-state index in [-0.39, 0.29) is 17.8 Å². The number of halogens is 1. The van der Waals surface area contributed by atoms with Gasteiger partial charge in [-0.1, -0.05) is 27.7 Å². The molecule has 1 aliphatic heterocycles. The Bertz CT molecular complexity index is 528. The van der Waals surface area contributed by atoms with Gasteiger partial charge in [0, 0.05) is 23.7 Å². The van der Waals surface area contributed by atoms with Gasteiger partial charge in [-0.3, -0.25) is 4.79 Å². The average molecular weight is 292 g/mol. The van der Waals surface area contributed by atoms with E-state index in [4.69, 9.17) is 0 Å². The zero-order valence-electron chi connectivity index (χ0n) is 13.3. The van der Waals surface area contributed by atoms with E-state index in [1.165, 1.54) is 6.07 Å². The summed E-state index contributed by atoms with van der Waals surface area (Å²) in [5.74, 6) is 0.516. The minimum atomic E-state index is -0.241. The van der Waals surface area contributed by atoms with Gasteiger partial charge in [0.25, 0.3) is 0 Å². The fourth-order valence-electron chi connectivity index (χ4n) is 2.84. The van der Waals surface area contributed by atoms with Crippen molar-refractivity contribution >= 4 is 11.6 Å². The molecule has 1 aromatic rings. The first-order chi connectivity index (χ1) is 9.93. The third kappa shape index (κ3) is 3.43. The van der Waals surface area contributed by atoms with E-state index in [2.05, 4.69) is 31.4 Å². The number of aryl methyl sites for hydroxylation is 1. The summed E-state index contributed by atoms with van der Waals surface area (Å²) in [5, 5.41) is 6.16. The summed E-state index contributed by atoms with van der Waals surface area (Å²) >= 11 is 0. The van der Waals surface area contributed by atoms with Crippen molar-refractivity contribution in [1.82, 2.24) is 5.32 Å². The quantitative estimate of drug-likeness (QED) is 0.869.